The summed E-state index contributed by atoms with van der Waals surface area (Å²) >= 11 is 2.93. The monoisotopic (exact) mass is 517 g/mol. The van der Waals surface area contributed by atoms with E-state index in [0.717, 1.165) is 21.0 Å². The van der Waals surface area contributed by atoms with Gasteiger partial charge in [-0.1, -0.05) is 61.5 Å². The summed E-state index contributed by atoms with van der Waals surface area (Å²) in [5, 5.41) is 6.12. The lowest BCUT2D eigenvalue weighted by Gasteiger charge is -2.14. The van der Waals surface area contributed by atoms with Crippen molar-refractivity contribution >= 4 is 45.7 Å². The Morgan fingerprint density at radius 2 is 1.69 bits per heavy atom. The Balaban J connectivity index is 1.35. The number of aryl methyl sites for hydroxylation is 1. The zero-order chi connectivity index (χ0) is 25.3. The van der Waals surface area contributed by atoms with Gasteiger partial charge < -0.3 is 15.4 Å². The van der Waals surface area contributed by atoms with Crippen LogP contribution in [-0.4, -0.2) is 28.7 Å². The van der Waals surface area contributed by atoms with E-state index in [9.17, 15) is 9.59 Å². The summed E-state index contributed by atoms with van der Waals surface area (Å²) in [6.07, 6.45) is 0.647. The van der Waals surface area contributed by atoms with Gasteiger partial charge in [-0.3, -0.25) is 9.59 Å². The molecule has 0 aliphatic rings. The third kappa shape index (κ3) is 6.96. The zero-order valence-corrected chi connectivity index (χ0v) is 21.7. The number of benzene rings is 3. The number of thioether (sulfide) groups is 1. The zero-order valence-electron chi connectivity index (χ0n) is 20.1. The highest BCUT2D eigenvalue weighted by molar-refractivity contribution is 8.00. The van der Waals surface area contributed by atoms with E-state index in [1.807, 2.05) is 86.6 Å². The quantitative estimate of drug-likeness (QED) is 0.230. The lowest BCUT2D eigenvalue weighted by atomic mass is 10.1. The van der Waals surface area contributed by atoms with Crippen LogP contribution < -0.4 is 15.4 Å². The number of ether oxygens (including phenoxy) is 1. The van der Waals surface area contributed by atoms with E-state index in [0.29, 0.717) is 23.0 Å². The van der Waals surface area contributed by atoms with E-state index in [1.54, 1.807) is 12.1 Å². The van der Waals surface area contributed by atoms with Crippen molar-refractivity contribution in [3.05, 3.63) is 89.8 Å². The predicted octanol–water partition coefficient (Wildman–Crippen LogP) is 6.65. The number of carbonyl (C=O) groups is 2. The Morgan fingerprint density at radius 3 is 2.42 bits per heavy atom. The minimum absolute atomic E-state index is 0.0838. The van der Waals surface area contributed by atoms with Crippen LogP contribution in [0.4, 0.5) is 10.8 Å². The van der Waals surface area contributed by atoms with Crippen molar-refractivity contribution in [2.24, 2.45) is 0 Å². The summed E-state index contributed by atoms with van der Waals surface area (Å²) in [5.41, 5.74) is 2.57. The number of para-hydroxylation sites is 1. The number of hydrogen-bond acceptors (Lipinski definition) is 6. The molecule has 1 aromatic heterocycles. The molecule has 0 saturated heterocycles. The van der Waals surface area contributed by atoms with Crippen LogP contribution in [0, 0.1) is 6.92 Å². The molecule has 8 heteroatoms. The molecule has 184 valence electrons. The maximum absolute atomic E-state index is 13.0. The Kier molecular flexibility index (Phi) is 8.76. The first kappa shape index (κ1) is 25.5. The SMILES string of the molecule is CCC(Sc1cccc(NC(=O)COc2ccccc2)c1)C(=O)Nc1nc(-c2ccccc2)c(C)s1. The summed E-state index contributed by atoms with van der Waals surface area (Å²) in [4.78, 5) is 31.9. The number of hydrogen-bond donors (Lipinski definition) is 2. The van der Waals surface area contributed by atoms with Gasteiger partial charge >= 0.3 is 0 Å². The van der Waals surface area contributed by atoms with Crippen molar-refractivity contribution in [3.63, 3.8) is 0 Å². The molecule has 0 spiro atoms. The molecule has 4 rings (SSSR count). The molecule has 1 heterocycles. The number of rotatable bonds is 10. The molecule has 2 N–H and O–H groups in total. The van der Waals surface area contributed by atoms with Gasteiger partial charge in [0, 0.05) is 21.0 Å². The first-order valence-electron chi connectivity index (χ1n) is 11.6. The van der Waals surface area contributed by atoms with Gasteiger partial charge in [0.2, 0.25) is 5.91 Å². The van der Waals surface area contributed by atoms with E-state index in [4.69, 9.17) is 4.74 Å². The molecule has 0 fully saturated rings. The number of thiazole rings is 1. The van der Waals surface area contributed by atoms with Gasteiger partial charge in [0.1, 0.15) is 5.75 Å². The van der Waals surface area contributed by atoms with Gasteiger partial charge in [-0.2, -0.15) is 0 Å². The number of amides is 2. The smallest absolute Gasteiger partial charge is 0.262 e. The lowest BCUT2D eigenvalue weighted by Crippen LogP contribution is -2.24. The van der Waals surface area contributed by atoms with E-state index >= 15 is 0 Å². The Morgan fingerprint density at radius 1 is 0.972 bits per heavy atom. The molecule has 0 saturated carbocycles. The van der Waals surface area contributed by atoms with Crippen molar-refractivity contribution in [3.8, 4) is 17.0 Å². The van der Waals surface area contributed by atoms with Gasteiger partial charge in [-0.25, -0.2) is 4.98 Å². The maximum Gasteiger partial charge on any atom is 0.262 e. The summed E-state index contributed by atoms with van der Waals surface area (Å²) in [7, 11) is 0. The van der Waals surface area contributed by atoms with Crippen molar-refractivity contribution in [2.45, 2.75) is 30.4 Å². The number of nitrogens with one attached hydrogen (secondary N) is 2. The van der Waals surface area contributed by atoms with Crippen molar-refractivity contribution in [1.29, 1.82) is 0 Å². The molecule has 6 nitrogen and oxygen atoms in total. The minimum atomic E-state index is -0.304. The number of anilines is 2. The average Bonchev–Trinajstić information content (AvgIpc) is 3.27. The lowest BCUT2D eigenvalue weighted by molar-refractivity contribution is -0.118. The molecular formula is C28H27N3O3S2. The van der Waals surface area contributed by atoms with Crippen LogP contribution in [0.5, 0.6) is 5.75 Å². The van der Waals surface area contributed by atoms with E-state index in [-0.39, 0.29) is 23.7 Å². The highest BCUT2D eigenvalue weighted by Crippen LogP contribution is 2.32. The third-order valence-corrected chi connectivity index (χ3v) is 7.49. The number of aromatic nitrogens is 1. The van der Waals surface area contributed by atoms with E-state index in [1.165, 1.54) is 23.1 Å². The fourth-order valence-corrected chi connectivity index (χ4v) is 5.35. The van der Waals surface area contributed by atoms with E-state index < -0.39 is 0 Å². The Bertz CT molecular complexity index is 1310. The molecule has 2 amide bonds. The highest BCUT2D eigenvalue weighted by atomic mass is 32.2. The fourth-order valence-electron chi connectivity index (χ4n) is 3.50. The summed E-state index contributed by atoms with van der Waals surface area (Å²) < 4.78 is 5.50. The third-order valence-electron chi connectivity index (χ3n) is 5.25. The molecule has 36 heavy (non-hydrogen) atoms. The second-order valence-corrected chi connectivity index (χ2v) is 10.5. The van der Waals surface area contributed by atoms with Crippen LogP contribution in [0.25, 0.3) is 11.3 Å². The molecule has 0 aliphatic carbocycles. The van der Waals surface area contributed by atoms with Crippen LogP contribution in [0.1, 0.15) is 18.2 Å². The molecular weight excluding hydrogens is 490 g/mol. The Hall–Kier alpha value is -3.62. The predicted molar refractivity (Wildman–Crippen MR) is 148 cm³/mol. The fraction of sp³-hybridized carbons (Fsp3) is 0.179. The van der Waals surface area contributed by atoms with Crippen molar-refractivity contribution in [1.82, 2.24) is 4.98 Å². The second kappa shape index (κ2) is 12.4. The van der Waals surface area contributed by atoms with Crippen LogP contribution in [-0.2, 0) is 9.59 Å². The molecule has 0 radical (unpaired) electrons. The maximum atomic E-state index is 13.0. The summed E-state index contributed by atoms with van der Waals surface area (Å²) in [5.74, 6) is 0.292. The van der Waals surface area contributed by atoms with Crippen LogP contribution in [0.2, 0.25) is 0 Å². The average molecular weight is 518 g/mol. The molecule has 1 atom stereocenters. The second-order valence-electron chi connectivity index (χ2n) is 7.97. The summed E-state index contributed by atoms with van der Waals surface area (Å²) in [6, 6.07) is 26.6. The number of carbonyl (C=O) groups excluding carboxylic acids is 2. The van der Waals surface area contributed by atoms with Gasteiger partial charge in [0.25, 0.3) is 5.91 Å². The minimum Gasteiger partial charge on any atom is -0.484 e. The Labute approximate surface area is 219 Å². The molecule has 0 bridgehead atoms. The van der Waals surface area contributed by atoms with Gasteiger partial charge in [0.15, 0.2) is 11.7 Å². The summed E-state index contributed by atoms with van der Waals surface area (Å²) in [6.45, 7) is 3.90. The van der Waals surface area contributed by atoms with Gasteiger partial charge in [-0.05, 0) is 43.7 Å². The largest absolute Gasteiger partial charge is 0.484 e. The first-order valence-corrected chi connectivity index (χ1v) is 13.3. The normalized spacial score (nSPS) is 11.5. The van der Waals surface area contributed by atoms with Gasteiger partial charge in [0.05, 0.1) is 10.9 Å². The van der Waals surface area contributed by atoms with Crippen molar-refractivity contribution in [2.75, 3.05) is 17.2 Å². The van der Waals surface area contributed by atoms with Crippen molar-refractivity contribution < 1.29 is 14.3 Å². The molecule has 3 aromatic carbocycles. The number of nitrogens with zero attached hydrogens (tertiary/aromatic N) is 1. The van der Waals surface area contributed by atoms with E-state index in [2.05, 4.69) is 15.6 Å². The van der Waals surface area contributed by atoms with Gasteiger partial charge in [-0.15, -0.1) is 23.1 Å². The topological polar surface area (TPSA) is 80.3 Å². The van der Waals surface area contributed by atoms with Crippen LogP contribution >= 0.6 is 23.1 Å². The molecule has 4 aromatic rings. The standard InChI is InChI=1S/C28H27N3O3S2/c1-3-24(27(33)31-28-30-26(19(2)35-28)20-11-6-4-7-12-20)36-23-16-10-13-21(17-23)29-25(32)18-34-22-14-8-5-9-15-22/h4-17,24H,3,18H2,1-2H3,(H,29,32)(H,30,31,33). The first-order chi connectivity index (χ1) is 17.5. The molecule has 1 unspecified atom stereocenters. The highest BCUT2D eigenvalue weighted by Gasteiger charge is 2.20. The molecule has 0 aliphatic heterocycles. The van der Waals surface area contributed by atoms with Crippen LogP contribution in [0.15, 0.2) is 89.8 Å². The van der Waals surface area contributed by atoms with Crippen LogP contribution in [0.3, 0.4) is 0 Å².